The van der Waals surface area contributed by atoms with Crippen LogP contribution in [0.1, 0.15) is 61.8 Å². The molecule has 1 aliphatic heterocycles. The fourth-order valence-electron chi connectivity index (χ4n) is 4.39. The first-order chi connectivity index (χ1) is 8.91. The van der Waals surface area contributed by atoms with Crippen LogP contribution in [0.2, 0.25) is 0 Å². The molecule has 1 saturated heterocycles. The number of ether oxygens (including phenoxy) is 1. The molecule has 0 N–H and O–H groups in total. The fourth-order valence-corrected chi connectivity index (χ4v) is 4.39. The molecule has 116 valence electrons. The molecule has 0 bridgehead atoms. The second-order valence-corrected chi connectivity index (χ2v) is 8.52. The average Bonchev–Trinajstić information content (AvgIpc) is 2.53. The Kier molecular flexibility index (Phi) is 3.53. The Morgan fingerprint density at radius 2 is 1.90 bits per heavy atom. The van der Waals surface area contributed by atoms with Crippen molar-refractivity contribution in [1.29, 1.82) is 0 Å². The van der Waals surface area contributed by atoms with Crippen molar-refractivity contribution in [2.75, 3.05) is 6.54 Å². The third-order valence-corrected chi connectivity index (χ3v) is 5.95. The molecule has 2 aliphatic rings. The maximum Gasteiger partial charge on any atom is 0.225 e. The first-order valence-electron chi connectivity index (χ1n) is 7.88. The van der Waals surface area contributed by atoms with E-state index in [1.54, 1.807) is 0 Å². The van der Waals surface area contributed by atoms with Gasteiger partial charge in [-0.1, -0.05) is 20.8 Å². The lowest BCUT2D eigenvalue weighted by molar-refractivity contribution is -0.139. The molecule has 1 aliphatic carbocycles. The van der Waals surface area contributed by atoms with Crippen molar-refractivity contribution >= 4 is 5.91 Å². The molecule has 0 aromatic heterocycles. The monoisotopic (exact) mass is 281 g/mol. The number of carbonyl (C=O) groups is 1. The minimum atomic E-state index is -0.188. The molecule has 0 unspecified atom stereocenters. The minimum Gasteiger partial charge on any atom is -0.372 e. The summed E-state index contributed by atoms with van der Waals surface area (Å²) in [5.74, 6) is 0.909. The number of nitrogens with zero attached hydrogens (tertiary/aromatic N) is 1. The van der Waals surface area contributed by atoms with E-state index in [-0.39, 0.29) is 17.6 Å². The molecular weight excluding hydrogens is 250 g/mol. The van der Waals surface area contributed by atoms with Crippen molar-refractivity contribution in [3.63, 3.8) is 0 Å². The van der Waals surface area contributed by atoms with Gasteiger partial charge < -0.3 is 9.64 Å². The fraction of sp³-hybridized carbons (Fsp3) is 0.941. The standard InChI is InChI=1S/C17H31NO2/c1-11(20-15(3,4)5)9-14(19)18-10-13-16(6,7)17(13,8)12(18)2/h11-13H,9-10H2,1-8H3/t11-,12-,13-,17-/m1/s1. The van der Waals surface area contributed by atoms with Crippen LogP contribution in [0.15, 0.2) is 0 Å². The van der Waals surface area contributed by atoms with Gasteiger partial charge >= 0.3 is 0 Å². The molecule has 0 radical (unpaired) electrons. The Morgan fingerprint density at radius 1 is 1.35 bits per heavy atom. The van der Waals surface area contributed by atoms with Gasteiger partial charge in [0.2, 0.25) is 5.91 Å². The molecule has 1 heterocycles. The third kappa shape index (κ3) is 2.28. The number of hydrogen-bond donors (Lipinski definition) is 0. The number of hydrogen-bond acceptors (Lipinski definition) is 2. The van der Waals surface area contributed by atoms with Crippen LogP contribution < -0.4 is 0 Å². The Labute approximate surface area is 124 Å². The molecule has 0 aromatic carbocycles. The lowest BCUT2D eigenvalue weighted by Gasteiger charge is -2.33. The Bertz CT molecular complexity index is 410. The number of amides is 1. The highest BCUT2D eigenvalue weighted by atomic mass is 16.5. The molecule has 3 heteroatoms. The highest BCUT2D eigenvalue weighted by molar-refractivity contribution is 5.78. The summed E-state index contributed by atoms with van der Waals surface area (Å²) in [7, 11) is 0. The van der Waals surface area contributed by atoms with Crippen LogP contribution in [-0.4, -0.2) is 35.1 Å². The predicted octanol–water partition coefficient (Wildman–Crippen LogP) is 3.47. The van der Waals surface area contributed by atoms with Gasteiger partial charge in [-0.05, 0) is 51.4 Å². The lowest BCUT2D eigenvalue weighted by atomic mass is 9.90. The smallest absolute Gasteiger partial charge is 0.225 e. The molecule has 4 atom stereocenters. The minimum absolute atomic E-state index is 0.0209. The molecule has 1 amide bonds. The number of piperidine rings is 1. The summed E-state index contributed by atoms with van der Waals surface area (Å²) in [6.45, 7) is 18.2. The maximum absolute atomic E-state index is 12.5. The van der Waals surface area contributed by atoms with E-state index in [9.17, 15) is 4.79 Å². The van der Waals surface area contributed by atoms with Crippen molar-refractivity contribution in [2.45, 2.75) is 79.6 Å². The van der Waals surface area contributed by atoms with E-state index >= 15 is 0 Å². The zero-order valence-corrected chi connectivity index (χ0v) is 14.4. The van der Waals surface area contributed by atoms with Crippen LogP contribution in [0.5, 0.6) is 0 Å². The predicted molar refractivity (Wildman–Crippen MR) is 81.5 cm³/mol. The van der Waals surface area contributed by atoms with Crippen LogP contribution in [0.4, 0.5) is 0 Å². The second kappa shape index (κ2) is 4.46. The second-order valence-electron chi connectivity index (χ2n) is 8.52. The van der Waals surface area contributed by atoms with Gasteiger partial charge in [0.25, 0.3) is 0 Å². The third-order valence-electron chi connectivity index (χ3n) is 5.95. The summed E-state index contributed by atoms with van der Waals surface area (Å²) in [5, 5.41) is 0. The molecule has 2 rings (SSSR count). The Hall–Kier alpha value is -0.570. The quantitative estimate of drug-likeness (QED) is 0.792. The number of fused-ring (bicyclic) bond motifs is 1. The van der Waals surface area contributed by atoms with Gasteiger partial charge in [-0.25, -0.2) is 0 Å². The Morgan fingerprint density at radius 3 is 2.30 bits per heavy atom. The van der Waals surface area contributed by atoms with Crippen LogP contribution in [0, 0.1) is 16.7 Å². The van der Waals surface area contributed by atoms with Crippen LogP contribution in [0.3, 0.4) is 0 Å². The topological polar surface area (TPSA) is 29.5 Å². The molecule has 0 aromatic rings. The molecule has 1 saturated carbocycles. The van der Waals surface area contributed by atoms with Crippen molar-refractivity contribution in [3.05, 3.63) is 0 Å². The van der Waals surface area contributed by atoms with Crippen LogP contribution in [0.25, 0.3) is 0 Å². The van der Waals surface area contributed by atoms with Crippen molar-refractivity contribution in [3.8, 4) is 0 Å². The maximum atomic E-state index is 12.5. The SMILES string of the molecule is C[C@H](CC(=O)N1C[C@@H]2C(C)(C)[C@]2(C)[C@H]1C)OC(C)(C)C. The number of carbonyl (C=O) groups excluding carboxylic acids is 1. The number of likely N-dealkylation sites (tertiary alicyclic amines) is 1. The summed E-state index contributed by atoms with van der Waals surface area (Å²) in [4.78, 5) is 14.6. The summed E-state index contributed by atoms with van der Waals surface area (Å²) in [6.07, 6.45) is 0.470. The Balaban J connectivity index is 1.93. The van der Waals surface area contributed by atoms with E-state index in [0.29, 0.717) is 29.2 Å². The zero-order chi connectivity index (χ0) is 15.5. The molecule has 0 spiro atoms. The van der Waals surface area contributed by atoms with E-state index in [4.69, 9.17) is 4.74 Å². The van der Waals surface area contributed by atoms with Crippen molar-refractivity contribution < 1.29 is 9.53 Å². The van der Waals surface area contributed by atoms with E-state index in [0.717, 1.165) is 6.54 Å². The average molecular weight is 281 g/mol. The van der Waals surface area contributed by atoms with Gasteiger partial charge in [-0.3, -0.25) is 4.79 Å². The van der Waals surface area contributed by atoms with Crippen molar-refractivity contribution in [2.24, 2.45) is 16.7 Å². The first-order valence-corrected chi connectivity index (χ1v) is 7.88. The van der Waals surface area contributed by atoms with E-state index in [1.807, 2.05) is 27.7 Å². The van der Waals surface area contributed by atoms with Crippen LogP contribution in [-0.2, 0) is 9.53 Å². The molecular formula is C17H31NO2. The summed E-state index contributed by atoms with van der Waals surface area (Å²) in [5.41, 5.74) is 0.500. The molecule has 20 heavy (non-hydrogen) atoms. The van der Waals surface area contributed by atoms with Gasteiger partial charge in [0.15, 0.2) is 0 Å². The van der Waals surface area contributed by atoms with Gasteiger partial charge in [-0.2, -0.15) is 0 Å². The summed E-state index contributed by atoms with van der Waals surface area (Å²) in [6, 6.07) is 0.344. The lowest BCUT2D eigenvalue weighted by Crippen LogP contribution is -2.43. The van der Waals surface area contributed by atoms with Crippen molar-refractivity contribution in [1.82, 2.24) is 4.90 Å². The highest BCUT2D eigenvalue weighted by Gasteiger charge is 2.75. The highest BCUT2D eigenvalue weighted by Crippen LogP contribution is 2.74. The zero-order valence-electron chi connectivity index (χ0n) is 14.4. The van der Waals surface area contributed by atoms with Crippen LogP contribution >= 0.6 is 0 Å². The largest absolute Gasteiger partial charge is 0.372 e. The van der Waals surface area contributed by atoms with Gasteiger partial charge in [-0.15, -0.1) is 0 Å². The van der Waals surface area contributed by atoms with E-state index < -0.39 is 0 Å². The normalized spacial score (nSPS) is 36.7. The van der Waals surface area contributed by atoms with E-state index in [1.165, 1.54) is 0 Å². The molecule has 2 fully saturated rings. The molecule has 3 nitrogen and oxygen atoms in total. The summed E-state index contributed by atoms with van der Waals surface area (Å²) >= 11 is 0. The number of rotatable bonds is 3. The summed E-state index contributed by atoms with van der Waals surface area (Å²) < 4.78 is 5.86. The van der Waals surface area contributed by atoms with Gasteiger partial charge in [0.05, 0.1) is 18.1 Å². The van der Waals surface area contributed by atoms with E-state index in [2.05, 4.69) is 32.6 Å². The van der Waals surface area contributed by atoms with Gasteiger partial charge in [0, 0.05) is 12.6 Å². The van der Waals surface area contributed by atoms with Gasteiger partial charge in [0.1, 0.15) is 0 Å². The first kappa shape index (κ1) is 15.8.